The van der Waals surface area contributed by atoms with Crippen molar-refractivity contribution in [2.75, 3.05) is 23.3 Å². The van der Waals surface area contributed by atoms with Crippen molar-refractivity contribution in [2.45, 2.75) is 40.0 Å². The lowest BCUT2D eigenvalue weighted by Crippen LogP contribution is -2.38. The van der Waals surface area contributed by atoms with E-state index in [4.69, 9.17) is 4.98 Å². The number of thiophene rings is 1. The molecule has 4 heterocycles. The summed E-state index contributed by atoms with van der Waals surface area (Å²) in [6.45, 7) is 8.09. The second kappa shape index (κ2) is 8.45. The molecule has 0 unspecified atom stereocenters. The van der Waals surface area contributed by atoms with Crippen molar-refractivity contribution in [3.05, 3.63) is 41.3 Å². The number of aryl methyl sites for hydroxylation is 1. The number of nitrogens with zero attached hydrogens (tertiary/aromatic N) is 4. The molecule has 7 heteroatoms. The van der Waals surface area contributed by atoms with Crippen LogP contribution in [0.1, 0.15) is 38.1 Å². The topological polar surface area (TPSA) is 71.0 Å². The first-order valence-electron chi connectivity index (χ1n) is 10.2. The number of piperidine rings is 1. The second-order valence-corrected chi connectivity index (χ2v) is 8.98. The van der Waals surface area contributed by atoms with E-state index < -0.39 is 0 Å². The van der Waals surface area contributed by atoms with Crippen LogP contribution in [0.4, 0.5) is 11.5 Å². The van der Waals surface area contributed by atoms with Crippen LogP contribution in [0.15, 0.2) is 29.9 Å². The Morgan fingerprint density at radius 1 is 1.31 bits per heavy atom. The van der Waals surface area contributed by atoms with Gasteiger partial charge in [0.15, 0.2) is 0 Å². The van der Waals surface area contributed by atoms with Gasteiger partial charge in [-0.05, 0) is 55.2 Å². The smallest absolute Gasteiger partial charge is 0.227 e. The van der Waals surface area contributed by atoms with Gasteiger partial charge < -0.3 is 10.2 Å². The van der Waals surface area contributed by atoms with Crippen molar-refractivity contribution in [3.63, 3.8) is 0 Å². The number of nitrogens with one attached hydrogen (secondary N) is 1. The fourth-order valence-corrected chi connectivity index (χ4v) is 4.93. The van der Waals surface area contributed by atoms with Crippen LogP contribution in [0.25, 0.3) is 10.2 Å². The third-order valence-electron chi connectivity index (χ3n) is 5.32. The number of hydrogen-bond acceptors (Lipinski definition) is 6. The van der Waals surface area contributed by atoms with E-state index in [9.17, 15) is 4.79 Å². The Morgan fingerprint density at radius 3 is 2.79 bits per heavy atom. The van der Waals surface area contributed by atoms with Crippen LogP contribution in [-0.4, -0.2) is 33.9 Å². The first kappa shape index (κ1) is 19.8. The zero-order valence-corrected chi connectivity index (χ0v) is 18.0. The molecule has 1 saturated heterocycles. The number of fused-ring (bicyclic) bond motifs is 1. The Balaban J connectivity index is 1.50. The van der Waals surface area contributed by atoms with Gasteiger partial charge >= 0.3 is 0 Å². The van der Waals surface area contributed by atoms with Gasteiger partial charge in [0.1, 0.15) is 16.5 Å². The summed E-state index contributed by atoms with van der Waals surface area (Å²) in [6.07, 6.45) is 6.06. The van der Waals surface area contributed by atoms with Crippen LogP contribution in [0, 0.1) is 18.8 Å². The number of hydrogen-bond donors (Lipinski definition) is 1. The molecule has 29 heavy (non-hydrogen) atoms. The van der Waals surface area contributed by atoms with Crippen LogP contribution < -0.4 is 10.2 Å². The Hall–Kier alpha value is -2.54. The molecule has 0 saturated carbocycles. The summed E-state index contributed by atoms with van der Waals surface area (Å²) in [6, 6.07) is 3.70. The number of aromatic nitrogens is 3. The van der Waals surface area contributed by atoms with Crippen LogP contribution in [0.2, 0.25) is 0 Å². The molecule has 152 valence electrons. The monoisotopic (exact) mass is 409 g/mol. The molecule has 3 aromatic heterocycles. The fourth-order valence-electron chi connectivity index (χ4n) is 3.94. The minimum atomic E-state index is 0.0162. The van der Waals surface area contributed by atoms with Crippen LogP contribution in [0.3, 0.4) is 0 Å². The third-order valence-corrected chi connectivity index (χ3v) is 6.25. The molecule has 1 aliphatic rings. The molecule has 3 aromatic rings. The zero-order chi connectivity index (χ0) is 20.4. The largest absolute Gasteiger partial charge is 0.356 e. The number of carbonyl (C=O) groups excluding carboxylic acids is 1. The van der Waals surface area contributed by atoms with E-state index in [0.717, 1.165) is 54.5 Å². The van der Waals surface area contributed by atoms with Gasteiger partial charge in [-0.2, -0.15) is 0 Å². The average molecular weight is 410 g/mol. The SMILES string of the molecule is Cc1nc(N2CCC(C(=O)Nc3cccnc3)CC2)c2c(CC(C)C)csc2n1. The van der Waals surface area contributed by atoms with Gasteiger partial charge in [-0.1, -0.05) is 13.8 Å². The van der Waals surface area contributed by atoms with Gasteiger partial charge in [0.2, 0.25) is 5.91 Å². The number of carbonyl (C=O) groups is 1. The van der Waals surface area contributed by atoms with Gasteiger partial charge in [0, 0.05) is 25.2 Å². The first-order valence-corrected chi connectivity index (χ1v) is 11.1. The Morgan fingerprint density at radius 2 is 2.10 bits per heavy atom. The minimum absolute atomic E-state index is 0.0162. The second-order valence-electron chi connectivity index (χ2n) is 8.13. The van der Waals surface area contributed by atoms with E-state index >= 15 is 0 Å². The van der Waals surface area contributed by atoms with Crippen LogP contribution in [-0.2, 0) is 11.2 Å². The molecule has 6 nitrogen and oxygen atoms in total. The van der Waals surface area contributed by atoms with Crippen LogP contribution >= 0.6 is 11.3 Å². The maximum Gasteiger partial charge on any atom is 0.227 e. The highest BCUT2D eigenvalue weighted by atomic mass is 32.1. The molecule has 0 aliphatic carbocycles. The molecular weight excluding hydrogens is 382 g/mol. The molecule has 1 fully saturated rings. The summed E-state index contributed by atoms with van der Waals surface area (Å²) in [4.78, 5) is 29.6. The minimum Gasteiger partial charge on any atom is -0.356 e. The lowest BCUT2D eigenvalue weighted by molar-refractivity contribution is -0.120. The maximum atomic E-state index is 12.6. The highest BCUT2D eigenvalue weighted by Gasteiger charge is 2.27. The number of amides is 1. The normalized spacial score (nSPS) is 15.2. The summed E-state index contributed by atoms with van der Waals surface area (Å²) in [5.74, 6) is 2.53. The summed E-state index contributed by atoms with van der Waals surface area (Å²) in [5.41, 5.74) is 2.09. The summed E-state index contributed by atoms with van der Waals surface area (Å²) >= 11 is 1.71. The lowest BCUT2D eigenvalue weighted by atomic mass is 9.95. The average Bonchev–Trinajstić information content (AvgIpc) is 3.10. The Bertz CT molecular complexity index is 993. The van der Waals surface area contributed by atoms with Crippen molar-refractivity contribution < 1.29 is 4.79 Å². The van der Waals surface area contributed by atoms with E-state index in [1.165, 1.54) is 10.9 Å². The van der Waals surface area contributed by atoms with Crippen molar-refractivity contribution in [3.8, 4) is 0 Å². The van der Waals surface area contributed by atoms with E-state index in [0.29, 0.717) is 5.92 Å². The molecule has 1 amide bonds. The summed E-state index contributed by atoms with van der Waals surface area (Å²) in [5, 5.41) is 6.42. The highest BCUT2D eigenvalue weighted by Crippen LogP contribution is 2.35. The molecule has 1 aliphatic heterocycles. The molecule has 1 N–H and O–H groups in total. The van der Waals surface area contributed by atoms with Gasteiger partial charge in [0.25, 0.3) is 0 Å². The van der Waals surface area contributed by atoms with Crippen LogP contribution in [0.5, 0.6) is 0 Å². The van der Waals surface area contributed by atoms with E-state index in [1.807, 2.05) is 19.1 Å². The van der Waals surface area contributed by atoms with E-state index in [1.54, 1.807) is 23.7 Å². The third kappa shape index (κ3) is 4.40. The fraction of sp³-hybridized carbons (Fsp3) is 0.455. The van der Waals surface area contributed by atoms with Crippen molar-refractivity contribution in [2.24, 2.45) is 11.8 Å². The molecule has 0 atom stereocenters. The summed E-state index contributed by atoms with van der Waals surface area (Å²) in [7, 11) is 0. The van der Waals surface area contributed by atoms with Gasteiger partial charge in [-0.15, -0.1) is 11.3 Å². The number of rotatable bonds is 5. The molecular formula is C22H27N5OS. The summed E-state index contributed by atoms with van der Waals surface area (Å²) < 4.78 is 0. The highest BCUT2D eigenvalue weighted by molar-refractivity contribution is 7.17. The Labute approximate surface area is 175 Å². The predicted octanol–water partition coefficient (Wildman–Crippen LogP) is 4.45. The maximum absolute atomic E-state index is 12.6. The molecule has 0 radical (unpaired) electrons. The molecule has 0 bridgehead atoms. The number of pyridine rings is 1. The van der Waals surface area contributed by atoms with Gasteiger partial charge in [0.05, 0.1) is 17.3 Å². The van der Waals surface area contributed by atoms with Gasteiger partial charge in [-0.25, -0.2) is 9.97 Å². The Kier molecular flexibility index (Phi) is 5.76. The van der Waals surface area contributed by atoms with Gasteiger partial charge in [-0.3, -0.25) is 9.78 Å². The van der Waals surface area contributed by atoms with Crippen molar-refractivity contribution in [1.29, 1.82) is 0 Å². The molecule has 4 rings (SSSR count). The molecule has 0 spiro atoms. The molecule has 0 aromatic carbocycles. The quantitative estimate of drug-likeness (QED) is 0.674. The van der Waals surface area contributed by atoms with E-state index in [-0.39, 0.29) is 11.8 Å². The lowest BCUT2D eigenvalue weighted by Gasteiger charge is -2.32. The van der Waals surface area contributed by atoms with Crippen molar-refractivity contribution >= 4 is 39.0 Å². The standard InChI is InChI=1S/C22H27N5OS/c1-14(2)11-17-13-29-22-19(17)20(24-15(3)25-22)27-9-6-16(7-10-27)21(28)26-18-5-4-8-23-12-18/h4-5,8,12-14,16H,6-7,9-11H2,1-3H3,(H,26,28). The zero-order valence-electron chi connectivity index (χ0n) is 17.2. The van der Waals surface area contributed by atoms with E-state index in [2.05, 4.69) is 39.4 Å². The first-order chi connectivity index (χ1) is 14.0. The number of anilines is 2. The predicted molar refractivity (Wildman–Crippen MR) is 118 cm³/mol. The van der Waals surface area contributed by atoms with Crippen molar-refractivity contribution in [1.82, 2.24) is 15.0 Å².